The van der Waals surface area contributed by atoms with Crippen LogP contribution in [-0.4, -0.2) is 79.0 Å². The summed E-state index contributed by atoms with van der Waals surface area (Å²) in [5, 5.41) is 0. The molecule has 0 spiro atoms. The van der Waals surface area contributed by atoms with Crippen LogP contribution >= 0.6 is 0 Å². The number of ether oxygens (including phenoxy) is 2. The summed E-state index contributed by atoms with van der Waals surface area (Å²) in [5.74, 6) is 2.13. The molecule has 30 heavy (non-hydrogen) atoms. The van der Waals surface area contributed by atoms with Gasteiger partial charge in [-0.3, -0.25) is 14.5 Å². The van der Waals surface area contributed by atoms with Crippen LogP contribution < -0.4 is 9.47 Å². The first kappa shape index (κ1) is 21.0. The van der Waals surface area contributed by atoms with E-state index in [-0.39, 0.29) is 17.9 Å². The van der Waals surface area contributed by atoms with Crippen LogP contribution in [0.25, 0.3) is 0 Å². The lowest BCUT2D eigenvalue weighted by Gasteiger charge is -2.34. The van der Waals surface area contributed by atoms with E-state index in [1.165, 1.54) is 0 Å². The molecule has 4 rings (SSSR count). The van der Waals surface area contributed by atoms with Crippen molar-refractivity contribution in [3.63, 3.8) is 0 Å². The fourth-order valence-corrected chi connectivity index (χ4v) is 4.81. The fourth-order valence-electron chi connectivity index (χ4n) is 4.81. The lowest BCUT2D eigenvalue weighted by Crippen LogP contribution is -2.47. The summed E-state index contributed by atoms with van der Waals surface area (Å²) >= 11 is 0. The quantitative estimate of drug-likeness (QED) is 0.754. The van der Waals surface area contributed by atoms with Crippen molar-refractivity contribution in [1.82, 2.24) is 14.7 Å². The van der Waals surface area contributed by atoms with Gasteiger partial charge in [-0.1, -0.05) is 6.07 Å². The molecule has 3 heterocycles. The molecule has 2 amide bonds. The number of carbonyl (C=O) groups excluding carboxylic acids is 2. The zero-order valence-electron chi connectivity index (χ0n) is 18.1. The highest BCUT2D eigenvalue weighted by atomic mass is 16.5. The lowest BCUT2D eigenvalue weighted by atomic mass is 9.95. The van der Waals surface area contributed by atoms with Crippen LogP contribution in [0.2, 0.25) is 0 Å². The van der Waals surface area contributed by atoms with Gasteiger partial charge in [-0.2, -0.15) is 0 Å². The van der Waals surface area contributed by atoms with Gasteiger partial charge in [0.1, 0.15) is 17.6 Å². The number of fused-ring (bicyclic) bond motifs is 1. The first-order chi connectivity index (χ1) is 14.5. The number of carbonyl (C=O) groups is 2. The van der Waals surface area contributed by atoms with Crippen LogP contribution in [0.5, 0.6) is 11.5 Å². The van der Waals surface area contributed by atoms with Crippen molar-refractivity contribution in [2.45, 2.75) is 45.3 Å². The van der Waals surface area contributed by atoms with E-state index in [0.717, 1.165) is 55.8 Å². The van der Waals surface area contributed by atoms with Crippen molar-refractivity contribution >= 4 is 11.8 Å². The van der Waals surface area contributed by atoms with Crippen LogP contribution in [0.15, 0.2) is 18.2 Å². The fraction of sp³-hybridized carbons (Fsp3) is 0.652. The number of hydrogen-bond acceptors (Lipinski definition) is 5. The van der Waals surface area contributed by atoms with E-state index >= 15 is 0 Å². The summed E-state index contributed by atoms with van der Waals surface area (Å²) in [6.07, 6.45) is 3.80. The van der Waals surface area contributed by atoms with Crippen molar-refractivity contribution in [2.24, 2.45) is 5.92 Å². The van der Waals surface area contributed by atoms with Crippen molar-refractivity contribution in [2.75, 3.05) is 46.4 Å². The van der Waals surface area contributed by atoms with Crippen LogP contribution in [0, 0.1) is 5.92 Å². The predicted molar refractivity (Wildman–Crippen MR) is 113 cm³/mol. The van der Waals surface area contributed by atoms with Gasteiger partial charge in [0, 0.05) is 56.8 Å². The zero-order chi connectivity index (χ0) is 21.1. The molecule has 2 saturated heterocycles. The van der Waals surface area contributed by atoms with E-state index in [1.807, 2.05) is 34.9 Å². The van der Waals surface area contributed by atoms with E-state index in [0.29, 0.717) is 38.6 Å². The Bertz CT molecular complexity index is 770. The molecule has 2 fully saturated rings. The minimum Gasteiger partial charge on any atom is -0.497 e. The average Bonchev–Trinajstić information content (AvgIpc) is 3.24. The minimum absolute atomic E-state index is 0.00465. The summed E-state index contributed by atoms with van der Waals surface area (Å²) in [5.41, 5.74) is 1.07. The normalized spacial score (nSPS) is 22.9. The van der Waals surface area contributed by atoms with Crippen LogP contribution in [0.4, 0.5) is 0 Å². The zero-order valence-corrected chi connectivity index (χ0v) is 18.1. The van der Waals surface area contributed by atoms with Gasteiger partial charge in [0.05, 0.1) is 13.7 Å². The highest BCUT2D eigenvalue weighted by molar-refractivity contribution is 5.81. The van der Waals surface area contributed by atoms with Gasteiger partial charge in [0.25, 0.3) is 0 Å². The van der Waals surface area contributed by atoms with Crippen molar-refractivity contribution in [3.8, 4) is 11.5 Å². The molecule has 1 aromatic carbocycles. The number of likely N-dealkylation sites (tertiary alicyclic amines) is 2. The summed E-state index contributed by atoms with van der Waals surface area (Å²) in [7, 11) is 1.65. The van der Waals surface area contributed by atoms with Gasteiger partial charge in [-0.05, 0) is 38.7 Å². The number of nitrogens with zero attached hydrogens (tertiary/aromatic N) is 3. The Morgan fingerprint density at radius 2 is 1.83 bits per heavy atom. The summed E-state index contributed by atoms with van der Waals surface area (Å²) in [4.78, 5) is 31.7. The van der Waals surface area contributed by atoms with Crippen LogP contribution in [-0.2, 0) is 16.1 Å². The molecule has 1 unspecified atom stereocenters. The summed E-state index contributed by atoms with van der Waals surface area (Å²) < 4.78 is 11.4. The topological polar surface area (TPSA) is 62.3 Å². The third-order valence-electron chi connectivity index (χ3n) is 6.49. The SMILES string of the molecule is COc1ccc2c(c1)OC(C)CN(CC(=O)N1CCC(C(=O)N3CCCC3)CC1)C2. The number of piperidine rings is 1. The van der Waals surface area contributed by atoms with Crippen molar-refractivity contribution < 1.29 is 19.1 Å². The third kappa shape index (κ3) is 4.72. The van der Waals surface area contributed by atoms with E-state index < -0.39 is 0 Å². The number of rotatable bonds is 4. The second-order valence-corrected chi connectivity index (χ2v) is 8.76. The molecule has 0 aliphatic carbocycles. The highest BCUT2D eigenvalue weighted by Gasteiger charge is 2.32. The Kier molecular flexibility index (Phi) is 6.46. The second kappa shape index (κ2) is 9.25. The van der Waals surface area contributed by atoms with E-state index in [1.54, 1.807) is 7.11 Å². The third-order valence-corrected chi connectivity index (χ3v) is 6.49. The molecule has 3 aliphatic rings. The minimum atomic E-state index is -0.00465. The van der Waals surface area contributed by atoms with Gasteiger partial charge in [-0.25, -0.2) is 0 Å². The molecule has 0 radical (unpaired) electrons. The number of hydrogen-bond donors (Lipinski definition) is 0. The Morgan fingerprint density at radius 3 is 2.53 bits per heavy atom. The number of benzene rings is 1. The Hall–Kier alpha value is -2.28. The number of methoxy groups -OCH3 is 1. The first-order valence-corrected chi connectivity index (χ1v) is 11.2. The van der Waals surface area contributed by atoms with Crippen molar-refractivity contribution in [3.05, 3.63) is 23.8 Å². The summed E-state index contributed by atoms with van der Waals surface area (Å²) in [6.45, 7) is 6.95. The van der Waals surface area contributed by atoms with Gasteiger partial charge in [-0.15, -0.1) is 0 Å². The molecule has 0 saturated carbocycles. The summed E-state index contributed by atoms with van der Waals surface area (Å²) in [6, 6.07) is 5.86. The van der Waals surface area contributed by atoms with E-state index in [4.69, 9.17) is 9.47 Å². The Balaban J connectivity index is 1.31. The molecular formula is C23H33N3O4. The Labute approximate surface area is 178 Å². The van der Waals surface area contributed by atoms with E-state index in [2.05, 4.69) is 4.90 Å². The number of amides is 2. The van der Waals surface area contributed by atoms with Gasteiger partial charge >= 0.3 is 0 Å². The molecule has 0 N–H and O–H groups in total. The monoisotopic (exact) mass is 415 g/mol. The standard InChI is InChI=1S/C23H33N3O4/c1-17-14-24(15-19-5-6-20(29-2)13-21(19)30-17)16-22(27)25-11-7-18(8-12-25)23(28)26-9-3-4-10-26/h5-6,13,17-18H,3-4,7-12,14-16H2,1-2H3. The van der Waals surface area contributed by atoms with Crippen molar-refractivity contribution in [1.29, 1.82) is 0 Å². The molecule has 164 valence electrons. The molecule has 7 nitrogen and oxygen atoms in total. The smallest absolute Gasteiger partial charge is 0.236 e. The van der Waals surface area contributed by atoms with E-state index in [9.17, 15) is 9.59 Å². The van der Waals surface area contributed by atoms with Gasteiger partial charge in [0.15, 0.2) is 0 Å². The maximum Gasteiger partial charge on any atom is 0.236 e. The largest absolute Gasteiger partial charge is 0.497 e. The van der Waals surface area contributed by atoms with Gasteiger partial charge in [0.2, 0.25) is 11.8 Å². The average molecular weight is 416 g/mol. The van der Waals surface area contributed by atoms with Gasteiger partial charge < -0.3 is 19.3 Å². The molecular weight excluding hydrogens is 382 g/mol. The Morgan fingerprint density at radius 1 is 1.10 bits per heavy atom. The maximum atomic E-state index is 13.0. The lowest BCUT2D eigenvalue weighted by molar-refractivity contribution is -0.140. The molecule has 1 aromatic rings. The molecule has 3 aliphatic heterocycles. The first-order valence-electron chi connectivity index (χ1n) is 11.2. The van der Waals surface area contributed by atoms with Crippen LogP contribution in [0.1, 0.15) is 38.2 Å². The van der Waals surface area contributed by atoms with Crippen LogP contribution in [0.3, 0.4) is 0 Å². The second-order valence-electron chi connectivity index (χ2n) is 8.76. The molecule has 7 heteroatoms. The molecule has 1 atom stereocenters. The predicted octanol–water partition coefficient (Wildman–Crippen LogP) is 2.14. The molecule has 0 bridgehead atoms. The maximum absolute atomic E-state index is 13.0. The molecule has 0 aromatic heterocycles. The highest BCUT2D eigenvalue weighted by Crippen LogP contribution is 2.29.